The van der Waals surface area contributed by atoms with E-state index in [0.717, 1.165) is 11.3 Å². The van der Waals surface area contributed by atoms with Crippen LogP contribution >= 0.6 is 11.3 Å². The molecule has 1 heterocycles. The van der Waals surface area contributed by atoms with Crippen LogP contribution in [-0.4, -0.2) is 24.6 Å². The second-order valence-electron chi connectivity index (χ2n) is 4.34. The number of para-hydroxylation sites is 1. The van der Waals surface area contributed by atoms with Crippen LogP contribution in [0.5, 0.6) is 11.5 Å². The normalized spacial score (nSPS) is 10.5. The van der Waals surface area contributed by atoms with Crippen LogP contribution in [0.4, 0.5) is 13.8 Å². The molecular weight excluding hydrogens is 348 g/mol. The Hall–Kier alpha value is -2.75. The number of ether oxygens (including phenoxy) is 3. The summed E-state index contributed by atoms with van der Waals surface area (Å²) < 4.78 is 39.2. The number of esters is 1. The fraction of sp³-hybridized carbons (Fsp3) is 0.214. The second kappa shape index (κ2) is 7.68. The van der Waals surface area contributed by atoms with E-state index in [1.165, 1.54) is 36.8 Å². The van der Waals surface area contributed by atoms with Crippen molar-refractivity contribution in [3.05, 3.63) is 50.9 Å². The first kappa shape index (κ1) is 17.6. The maximum absolute atomic E-state index is 12.5. The Bertz CT molecular complexity index is 749. The number of nitrogens with zero attached hydrogens (tertiary/aromatic N) is 1. The molecular formula is C14H11F2NO6S. The summed E-state index contributed by atoms with van der Waals surface area (Å²) >= 11 is 0.889. The number of rotatable bonds is 7. The number of halogens is 2. The monoisotopic (exact) mass is 359 g/mol. The van der Waals surface area contributed by atoms with Crippen LogP contribution in [0.1, 0.15) is 15.9 Å². The Morgan fingerprint density at radius 2 is 2.17 bits per heavy atom. The third-order valence-corrected chi connectivity index (χ3v) is 3.74. The van der Waals surface area contributed by atoms with Gasteiger partial charge in [-0.15, -0.1) is 0 Å². The molecule has 0 atom stereocenters. The number of methoxy groups -OCH3 is 1. The molecule has 7 nitrogen and oxygen atoms in total. The lowest BCUT2D eigenvalue weighted by Gasteiger charge is -2.13. The van der Waals surface area contributed by atoms with Crippen molar-refractivity contribution in [3.8, 4) is 11.5 Å². The number of carbonyl (C=O) groups is 1. The Morgan fingerprint density at radius 3 is 2.75 bits per heavy atom. The van der Waals surface area contributed by atoms with Gasteiger partial charge in [0.25, 0.3) is 0 Å². The van der Waals surface area contributed by atoms with Gasteiger partial charge in [-0.05, 0) is 12.1 Å². The van der Waals surface area contributed by atoms with Crippen molar-refractivity contribution in [1.82, 2.24) is 0 Å². The summed E-state index contributed by atoms with van der Waals surface area (Å²) in [4.78, 5) is 22.1. The Balaban J connectivity index is 2.15. The number of hydrogen-bond acceptors (Lipinski definition) is 7. The maximum atomic E-state index is 12.5. The van der Waals surface area contributed by atoms with Crippen LogP contribution < -0.4 is 9.47 Å². The van der Waals surface area contributed by atoms with Crippen molar-refractivity contribution in [2.45, 2.75) is 13.2 Å². The molecule has 1 aromatic carbocycles. The van der Waals surface area contributed by atoms with Crippen molar-refractivity contribution in [1.29, 1.82) is 0 Å². The highest BCUT2D eigenvalue weighted by molar-refractivity contribution is 7.13. The summed E-state index contributed by atoms with van der Waals surface area (Å²) in [5.41, 5.74) is 0.179. The first-order chi connectivity index (χ1) is 11.4. The molecule has 0 aliphatic rings. The summed E-state index contributed by atoms with van der Waals surface area (Å²) in [7, 11) is 1.24. The minimum Gasteiger partial charge on any atom is -0.493 e. The lowest BCUT2D eigenvalue weighted by molar-refractivity contribution is -0.380. The molecule has 0 spiro atoms. The largest absolute Gasteiger partial charge is 0.493 e. The van der Waals surface area contributed by atoms with Crippen molar-refractivity contribution in [2.75, 3.05) is 7.11 Å². The van der Waals surface area contributed by atoms with Crippen LogP contribution in [0.3, 0.4) is 0 Å². The van der Waals surface area contributed by atoms with Gasteiger partial charge in [-0.25, -0.2) is 4.79 Å². The van der Waals surface area contributed by atoms with Crippen molar-refractivity contribution in [3.63, 3.8) is 0 Å². The van der Waals surface area contributed by atoms with E-state index in [-0.39, 0.29) is 22.9 Å². The second-order valence-corrected chi connectivity index (χ2v) is 5.23. The van der Waals surface area contributed by atoms with Gasteiger partial charge in [-0.2, -0.15) is 8.78 Å². The molecule has 0 saturated heterocycles. The van der Waals surface area contributed by atoms with E-state index < -0.39 is 23.3 Å². The Labute approximate surface area is 138 Å². The van der Waals surface area contributed by atoms with Crippen molar-refractivity contribution >= 4 is 22.3 Å². The average Bonchev–Trinajstić information content (AvgIpc) is 3.01. The highest BCUT2D eigenvalue weighted by Gasteiger charge is 2.21. The Morgan fingerprint density at radius 1 is 1.42 bits per heavy atom. The van der Waals surface area contributed by atoms with E-state index in [2.05, 4.69) is 4.74 Å². The predicted octanol–water partition coefficient (Wildman–Crippen LogP) is 3.62. The summed E-state index contributed by atoms with van der Waals surface area (Å²) in [6.07, 6.45) is 0. The lowest BCUT2D eigenvalue weighted by atomic mass is 10.2. The number of hydrogen-bond donors (Lipinski definition) is 0. The summed E-state index contributed by atoms with van der Waals surface area (Å²) in [5.74, 6) is -1.40. The maximum Gasteiger partial charge on any atom is 0.387 e. The quantitative estimate of drug-likeness (QED) is 0.426. The first-order valence-corrected chi connectivity index (χ1v) is 7.31. The van der Waals surface area contributed by atoms with E-state index in [0.29, 0.717) is 5.56 Å². The van der Waals surface area contributed by atoms with E-state index in [1.807, 2.05) is 0 Å². The molecule has 1 aromatic heterocycles. The van der Waals surface area contributed by atoms with Gasteiger partial charge in [0.2, 0.25) is 0 Å². The molecule has 2 aromatic rings. The van der Waals surface area contributed by atoms with Gasteiger partial charge < -0.3 is 14.2 Å². The molecule has 128 valence electrons. The molecule has 2 rings (SSSR count). The third kappa shape index (κ3) is 4.16. The van der Waals surface area contributed by atoms with Gasteiger partial charge in [-0.1, -0.05) is 17.4 Å². The van der Waals surface area contributed by atoms with Gasteiger partial charge in [0.15, 0.2) is 11.5 Å². The number of nitro groups is 1. The molecule has 0 fully saturated rings. The molecule has 0 radical (unpaired) electrons. The summed E-state index contributed by atoms with van der Waals surface area (Å²) in [6, 6.07) is 5.29. The SMILES string of the molecule is COc1cccc(C(=O)OCc2csc([N+](=O)[O-])c2)c1OC(F)F. The lowest BCUT2D eigenvalue weighted by Crippen LogP contribution is -2.11. The molecule has 0 N–H and O–H groups in total. The van der Waals surface area contributed by atoms with Crippen molar-refractivity contribution < 1.29 is 32.7 Å². The van der Waals surface area contributed by atoms with Gasteiger partial charge in [0.05, 0.1) is 12.0 Å². The van der Waals surface area contributed by atoms with E-state index in [9.17, 15) is 23.7 Å². The minimum atomic E-state index is -3.15. The molecule has 0 unspecified atom stereocenters. The zero-order valence-corrected chi connectivity index (χ0v) is 13.0. The van der Waals surface area contributed by atoms with E-state index in [4.69, 9.17) is 9.47 Å². The van der Waals surface area contributed by atoms with Crippen LogP contribution in [-0.2, 0) is 11.3 Å². The Kier molecular flexibility index (Phi) is 5.64. The number of carbonyl (C=O) groups excluding carboxylic acids is 1. The summed E-state index contributed by atoms with van der Waals surface area (Å²) in [5, 5.41) is 12.0. The zero-order valence-electron chi connectivity index (χ0n) is 12.2. The number of benzene rings is 1. The number of thiophene rings is 1. The minimum absolute atomic E-state index is 0.0454. The molecule has 0 aliphatic carbocycles. The molecule has 0 aliphatic heterocycles. The zero-order chi connectivity index (χ0) is 17.7. The highest BCUT2D eigenvalue weighted by atomic mass is 32.1. The molecule has 0 bridgehead atoms. The third-order valence-electron chi connectivity index (χ3n) is 2.82. The van der Waals surface area contributed by atoms with Crippen molar-refractivity contribution in [2.24, 2.45) is 0 Å². The van der Waals surface area contributed by atoms with Gasteiger partial charge in [-0.3, -0.25) is 10.1 Å². The van der Waals surface area contributed by atoms with Crippen LogP contribution in [0, 0.1) is 10.1 Å². The molecule has 10 heteroatoms. The van der Waals surface area contributed by atoms with Crippen LogP contribution in [0.25, 0.3) is 0 Å². The molecule has 24 heavy (non-hydrogen) atoms. The average molecular weight is 359 g/mol. The van der Waals surface area contributed by atoms with E-state index >= 15 is 0 Å². The predicted molar refractivity (Wildman–Crippen MR) is 79.7 cm³/mol. The van der Waals surface area contributed by atoms with Crippen LogP contribution in [0.2, 0.25) is 0 Å². The molecule has 0 saturated carbocycles. The number of alkyl halides is 2. The fourth-order valence-electron chi connectivity index (χ4n) is 1.81. The highest BCUT2D eigenvalue weighted by Crippen LogP contribution is 2.33. The van der Waals surface area contributed by atoms with Crippen LogP contribution in [0.15, 0.2) is 29.6 Å². The van der Waals surface area contributed by atoms with Gasteiger partial charge in [0.1, 0.15) is 12.2 Å². The first-order valence-electron chi connectivity index (χ1n) is 6.43. The standard InChI is InChI=1S/C14H11F2NO6S/c1-21-10-4-2-3-9(12(10)23-14(15)16)13(18)22-6-8-5-11(17(19)20)24-7-8/h2-5,7,14H,6H2,1H3. The van der Waals surface area contributed by atoms with E-state index in [1.54, 1.807) is 0 Å². The van der Waals surface area contributed by atoms with Gasteiger partial charge in [0, 0.05) is 17.0 Å². The fourth-order valence-corrected chi connectivity index (χ4v) is 2.52. The molecule has 0 amide bonds. The smallest absolute Gasteiger partial charge is 0.387 e. The summed E-state index contributed by atoms with van der Waals surface area (Å²) in [6.45, 7) is -3.39. The topological polar surface area (TPSA) is 87.9 Å². The van der Waals surface area contributed by atoms with Gasteiger partial charge >= 0.3 is 17.6 Å².